The van der Waals surface area contributed by atoms with Gasteiger partial charge in [-0.05, 0) is 55.0 Å². The molecule has 3 aromatic carbocycles. The van der Waals surface area contributed by atoms with Gasteiger partial charge in [0.25, 0.3) is 0 Å². The Morgan fingerprint density at radius 2 is 1.69 bits per heavy atom. The van der Waals surface area contributed by atoms with Crippen LogP contribution in [0.25, 0.3) is 0 Å². The summed E-state index contributed by atoms with van der Waals surface area (Å²) >= 11 is 15.1. The van der Waals surface area contributed by atoms with E-state index >= 15 is 0 Å². The first-order chi connectivity index (χ1) is 20.2. The number of nitrogens with one attached hydrogen (secondary N) is 1. The Kier molecular flexibility index (Phi) is 7.65. The molecule has 3 heterocycles. The van der Waals surface area contributed by atoms with Gasteiger partial charge in [0.1, 0.15) is 17.5 Å². The Morgan fingerprint density at radius 3 is 2.38 bits per heavy atom. The number of carbonyl (C=O) groups excluding carboxylic acids is 3. The number of rotatable bonds is 6. The van der Waals surface area contributed by atoms with Crippen LogP contribution in [-0.2, 0) is 20.9 Å². The molecule has 3 atom stereocenters. The number of fused-ring (bicyclic) bond motifs is 2. The summed E-state index contributed by atoms with van der Waals surface area (Å²) in [5.74, 6) is -2.08. The molecule has 0 spiro atoms. The van der Waals surface area contributed by atoms with E-state index < -0.39 is 23.0 Å². The van der Waals surface area contributed by atoms with Crippen molar-refractivity contribution < 1.29 is 19.1 Å². The number of nitrogens with zero attached hydrogens (tertiary/aromatic N) is 2. The van der Waals surface area contributed by atoms with E-state index in [4.69, 9.17) is 27.9 Å². The van der Waals surface area contributed by atoms with Gasteiger partial charge in [0.05, 0.1) is 33.8 Å². The third kappa shape index (κ3) is 4.92. The van der Waals surface area contributed by atoms with E-state index in [2.05, 4.69) is 5.32 Å². The van der Waals surface area contributed by atoms with E-state index in [9.17, 15) is 19.2 Å². The number of hydrogen-bond donors (Lipinski definition) is 1. The summed E-state index contributed by atoms with van der Waals surface area (Å²) in [7, 11) is 1.55. The second kappa shape index (κ2) is 11.3. The number of imide groups is 1. The van der Waals surface area contributed by atoms with E-state index in [1.807, 2.05) is 19.1 Å². The van der Waals surface area contributed by atoms with Crippen molar-refractivity contribution in [2.45, 2.75) is 29.7 Å². The number of halogens is 2. The van der Waals surface area contributed by atoms with E-state index in [-0.39, 0.29) is 28.3 Å². The Hall–Kier alpha value is -3.57. The molecule has 0 radical (unpaired) electrons. The number of carbonyl (C=O) groups is 3. The van der Waals surface area contributed by atoms with Crippen LogP contribution in [0, 0.1) is 12.8 Å². The summed E-state index contributed by atoms with van der Waals surface area (Å²) in [6, 6.07) is 19.1. The molecule has 2 aliphatic rings. The zero-order chi connectivity index (χ0) is 29.7. The van der Waals surface area contributed by atoms with Gasteiger partial charge in [-0.1, -0.05) is 76.1 Å². The monoisotopic (exact) mass is 639 g/mol. The van der Waals surface area contributed by atoms with Crippen LogP contribution in [0.15, 0.2) is 76.6 Å². The molecule has 42 heavy (non-hydrogen) atoms. The highest BCUT2D eigenvalue weighted by Gasteiger charge is 2.57. The van der Waals surface area contributed by atoms with Gasteiger partial charge in [0.15, 0.2) is 0 Å². The lowest BCUT2D eigenvalue weighted by molar-refractivity contribution is -0.122. The lowest BCUT2D eigenvalue weighted by Crippen LogP contribution is -2.33. The lowest BCUT2D eigenvalue weighted by atomic mass is 9.83. The Labute approximate surface area is 259 Å². The van der Waals surface area contributed by atoms with Crippen LogP contribution in [0.1, 0.15) is 21.9 Å². The van der Waals surface area contributed by atoms with E-state index in [0.717, 1.165) is 28.7 Å². The number of anilines is 2. The molecule has 1 saturated heterocycles. The summed E-state index contributed by atoms with van der Waals surface area (Å²) in [6.45, 7) is 1.65. The molecular formula is C30H23Cl2N3O5S2. The number of amides is 3. The number of aromatic nitrogens is 1. The summed E-state index contributed by atoms with van der Waals surface area (Å²) in [4.78, 5) is 55.7. The molecule has 8 nitrogen and oxygen atoms in total. The molecule has 6 rings (SSSR count). The van der Waals surface area contributed by atoms with Gasteiger partial charge in [0, 0.05) is 16.5 Å². The lowest BCUT2D eigenvalue weighted by Gasteiger charge is -2.31. The van der Waals surface area contributed by atoms with Gasteiger partial charge in [-0.3, -0.25) is 23.7 Å². The molecule has 0 unspecified atom stereocenters. The summed E-state index contributed by atoms with van der Waals surface area (Å²) in [6.07, 6.45) is 0. The first-order valence-corrected chi connectivity index (χ1v) is 15.4. The van der Waals surface area contributed by atoms with Gasteiger partial charge < -0.3 is 10.1 Å². The van der Waals surface area contributed by atoms with Crippen molar-refractivity contribution in [3.63, 3.8) is 0 Å². The predicted molar refractivity (Wildman–Crippen MR) is 165 cm³/mol. The second-order valence-corrected chi connectivity index (χ2v) is 12.8. The first kappa shape index (κ1) is 28.5. The van der Waals surface area contributed by atoms with Gasteiger partial charge in [0.2, 0.25) is 17.7 Å². The zero-order valence-electron chi connectivity index (χ0n) is 22.3. The van der Waals surface area contributed by atoms with E-state index in [0.29, 0.717) is 37.6 Å². The molecule has 3 amide bonds. The summed E-state index contributed by atoms with van der Waals surface area (Å²) < 4.78 is 6.52. The smallest absolute Gasteiger partial charge is 0.308 e. The minimum Gasteiger partial charge on any atom is -0.497 e. The quantitative estimate of drug-likeness (QED) is 0.261. The van der Waals surface area contributed by atoms with Crippen LogP contribution in [0.2, 0.25) is 10.0 Å². The average Bonchev–Trinajstić information content (AvgIpc) is 3.42. The Morgan fingerprint density at radius 1 is 0.976 bits per heavy atom. The number of ether oxygens (including phenoxy) is 1. The van der Waals surface area contributed by atoms with Gasteiger partial charge >= 0.3 is 4.87 Å². The minimum absolute atomic E-state index is 0.249. The Bertz CT molecular complexity index is 1790. The van der Waals surface area contributed by atoms with Crippen molar-refractivity contribution in [1.29, 1.82) is 0 Å². The van der Waals surface area contributed by atoms with Crippen molar-refractivity contribution in [3.8, 4) is 5.75 Å². The molecule has 4 aromatic rings. The fourth-order valence-electron chi connectivity index (χ4n) is 5.32. The number of hydrogen-bond acceptors (Lipinski definition) is 7. The maximum atomic E-state index is 14.0. The van der Waals surface area contributed by atoms with E-state index in [1.54, 1.807) is 61.7 Å². The molecule has 0 saturated carbocycles. The molecule has 2 aliphatic heterocycles. The predicted octanol–water partition coefficient (Wildman–Crippen LogP) is 5.97. The fraction of sp³-hybridized carbons (Fsp3) is 0.200. The SMILES string of the molecule is COc1ccc(NC(=O)Cn2c3c(sc2=O)[C@@H](c2cccc(Cl)c2Cl)[C@@H]2C(=O)N(c4ccc(C)cc4)C(=O)[C@@H]2S3)cc1. The van der Waals surface area contributed by atoms with Crippen LogP contribution in [0.5, 0.6) is 5.75 Å². The maximum absolute atomic E-state index is 14.0. The second-order valence-electron chi connectivity index (χ2n) is 9.93. The standard InChI is InChI=1S/C30H23Cl2N3O5S2/c1-15-6-10-17(11-7-15)35-27(37)23-22(19-4-3-5-20(31)24(19)32)26-29(41-25(23)28(35)38)34(30(39)42-26)14-21(36)33-16-8-12-18(40-2)13-9-16/h3-13,22-23,25H,14H2,1-2H3,(H,33,36)/t22-,23-,25+/m0/s1. The number of thiazole rings is 1. The largest absolute Gasteiger partial charge is 0.497 e. The van der Waals surface area contributed by atoms with Gasteiger partial charge in [-0.25, -0.2) is 4.90 Å². The van der Waals surface area contributed by atoms with E-state index in [1.165, 1.54) is 9.47 Å². The normalized spacial score (nSPS) is 19.4. The molecule has 0 aliphatic carbocycles. The highest BCUT2D eigenvalue weighted by molar-refractivity contribution is 8.00. The number of aryl methyl sites for hydroxylation is 1. The highest BCUT2D eigenvalue weighted by atomic mass is 35.5. The maximum Gasteiger partial charge on any atom is 0.308 e. The molecule has 0 bridgehead atoms. The van der Waals surface area contributed by atoms with Gasteiger partial charge in [-0.2, -0.15) is 0 Å². The molecular weight excluding hydrogens is 617 g/mol. The first-order valence-electron chi connectivity index (χ1n) is 12.9. The minimum atomic E-state index is -0.837. The van der Waals surface area contributed by atoms with Crippen molar-refractivity contribution in [3.05, 3.63) is 102 Å². The number of methoxy groups -OCH3 is 1. The number of benzene rings is 3. The van der Waals surface area contributed by atoms with Gasteiger partial charge in [-0.15, -0.1) is 0 Å². The molecule has 214 valence electrons. The van der Waals surface area contributed by atoms with Crippen molar-refractivity contribution in [2.24, 2.45) is 5.92 Å². The molecule has 1 N–H and O–H groups in total. The average molecular weight is 641 g/mol. The van der Waals surface area contributed by atoms with Crippen molar-refractivity contribution >= 4 is 75.4 Å². The third-order valence-electron chi connectivity index (χ3n) is 7.33. The number of thioether (sulfide) groups is 1. The van der Waals surface area contributed by atoms with Crippen LogP contribution in [0.3, 0.4) is 0 Å². The topological polar surface area (TPSA) is 97.7 Å². The van der Waals surface area contributed by atoms with Crippen LogP contribution in [-0.4, -0.2) is 34.6 Å². The zero-order valence-corrected chi connectivity index (χ0v) is 25.4. The van der Waals surface area contributed by atoms with Crippen LogP contribution < -0.4 is 19.8 Å². The van der Waals surface area contributed by atoms with Crippen LogP contribution >= 0.6 is 46.3 Å². The molecule has 12 heteroatoms. The fourth-order valence-corrected chi connectivity index (χ4v) is 8.51. The Balaban J connectivity index is 1.41. The van der Waals surface area contributed by atoms with Crippen molar-refractivity contribution in [1.82, 2.24) is 4.57 Å². The van der Waals surface area contributed by atoms with Crippen LogP contribution in [0.4, 0.5) is 11.4 Å². The third-order valence-corrected chi connectivity index (χ3v) is 10.8. The highest BCUT2D eigenvalue weighted by Crippen LogP contribution is 2.55. The molecule has 1 aromatic heterocycles. The van der Waals surface area contributed by atoms with Crippen molar-refractivity contribution in [2.75, 3.05) is 17.3 Å². The summed E-state index contributed by atoms with van der Waals surface area (Å²) in [5, 5.41) is 2.96. The molecule has 1 fully saturated rings. The summed E-state index contributed by atoms with van der Waals surface area (Å²) in [5.41, 5.74) is 2.55.